The molecule has 118 valence electrons. The van der Waals surface area contributed by atoms with Crippen LogP contribution in [0.2, 0.25) is 0 Å². The SMILES string of the molecule is CCC(N)Cc1ccc(N2CC(C)OCC2CC)cc1C. The largest absolute Gasteiger partial charge is 0.375 e. The van der Waals surface area contributed by atoms with Gasteiger partial charge in [0.2, 0.25) is 0 Å². The Labute approximate surface area is 129 Å². The zero-order valence-corrected chi connectivity index (χ0v) is 13.9. The number of benzene rings is 1. The van der Waals surface area contributed by atoms with Crippen LogP contribution in [-0.4, -0.2) is 31.3 Å². The van der Waals surface area contributed by atoms with Gasteiger partial charge in [0.25, 0.3) is 0 Å². The number of aryl methyl sites for hydroxylation is 1. The molecular weight excluding hydrogens is 260 g/mol. The van der Waals surface area contributed by atoms with Crippen LogP contribution in [0.4, 0.5) is 5.69 Å². The van der Waals surface area contributed by atoms with Gasteiger partial charge in [-0.15, -0.1) is 0 Å². The van der Waals surface area contributed by atoms with Crippen LogP contribution in [-0.2, 0) is 11.2 Å². The van der Waals surface area contributed by atoms with Crippen molar-refractivity contribution in [1.29, 1.82) is 0 Å². The second-order valence-electron chi connectivity index (χ2n) is 6.34. The van der Waals surface area contributed by atoms with Gasteiger partial charge >= 0.3 is 0 Å². The molecule has 1 aromatic carbocycles. The number of morpholine rings is 1. The first-order valence-corrected chi connectivity index (χ1v) is 8.28. The third-order valence-electron chi connectivity index (χ3n) is 4.60. The third kappa shape index (κ3) is 3.98. The summed E-state index contributed by atoms with van der Waals surface area (Å²) in [4.78, 5) is 2.50. The Hall–Kier alpha value is -1.06. The molecule has 0 aromatic heterocycles. The van der Waals surface area contributed by atoms with Crippen molar-refractivity contribution in [1.82, 2.24) is 0 Å². The maximum atomic E-state index is 6.09. The van der Waals surface area contributed by atoms with Gasteiger partial charge < -0.3 is 15.4 Å². The lowest BCUT2D eigenvalue weighted by molar-refractivity contribution is 0.0299. The molecule has 3 nitrogen and oxygen atoms in total. The lowest BCUT2D eigenvalue weighted by atomic mass is 9.98. The average Bonchev–Trinajstić information content (AvgIpc) is 2.49. The summed E-state index contributed by atoms with van der Waals surface area (Å²) in [6, 6.07) is 7.59. The van der Waals surface area contributed by atoms with Crippen molar-refractivity contribution in [2.45, 2.75) is 65.1 Å². The molecule has 1 heterocycles. The summed E-state index contributed by atoms with van der Waals surface area (Å²) >= 11 is 0. The van der Waals surface area contributed by atoms with Crippen LogP contribution < -0.4 is 10.6 Å². The molecule has 21 heavy (non-hydrogen) atoms. The van der Waals surface area contributed by atoms with E-state index in [1.807, 2.05) is 0 Å². The van der Waals surface area contributed by atoms with E-state index in [0.717, 1.165) is 32.4 Å². The standard InChI is InChI=1S/C18H30N2O/c1-5-16(19)10-15-7-8-18(9-13(15)3)20-11-14(4)21-12-17(20)6-2/h7-9,14,16-17H,5-6,10-12,19H2,1-4H3. The first-order valence-electron chi connectivity index (χ1n) is 8.28. The molecule has 0 amide bonds. The highest BCUT2D eigenvalue weighted by molar-refractivity contribution is 5.52. The second-order valence-corrected chi connectivity index (χ2v) is 6.34. The molecule has 3 unspecified atom stereocenters. The highest BCUT2D eigenvalue weighted by Crippen LogP contribution is 2.26. The monoisotopic (exact) mass is 290 g/mol. The molecule has 0 saturated carbocycles. The van der Waals surface area contributed by atoms with Crippen molar-refractivity contribution in [2.75, 3.05) is 18.1 Å². The highest BCUT2D eigenvalue weighted by atomic mass is 16.5. The van der Waals surface area contributed by atoms with Crippen LogP contribution in [0.5, 0.6) is 0 Å². The number of anilines is 1. The van der Waals surface area contributed by atoms with Gasteiger partial charge in [0.05, 0.1) is 18.8 Å². The van der Waals surface area contributed by atoms with Gasteiger partial charge in [-0.05, 0) is 56.4 Å². The molecule has 0 aliphatic carbocycles. The Morgan fingerprint density at radius 2 is 2.14 bits per heavy atom. The van der Waals surface area contributed by atoms with Crippen molar-refractivity contribution in [3.63, 3.8) is 0 Å². The maximum absolute atomic E-state index is 6.09. The quantitative estimate of drug-likeness (QED) is 0.904. The summed E-state index contributed by atoms with van der Waals surface area (Å²) in [5.74, 6) is 0. The molecule has 1 saturated heterocycles. The van der Waals surface area contributed by atoms with E-state index in [4.69, 9.17) is 10.5 Å². The predicted molar refractivity (Wildman–Crippen MR) is 90.0 cm³/mol. The number of hydrogen-bond acceptors (Lipinski definition) is 3. The van der Waals surface area contributed by atoms with Crippen LogP contribution in [0, 0.1) is 6.92 Å². The minimum Gasteiger partial charge on any atom is -0.375 e. The Balaban J connectivity index is 2.17. The summed E-state index contributed by atoms with van der Waals surface area (Å²) < 4.78 is 5.80. The fourth-order valence-corrected chi connectivity index (χ4v) is 3.01. The van der Waals surface area contributed by atoms with Gasteiger partial charge in [-0.2, -0.15) is 0 Å². The van der Waals surface area contributed by atoms with Gasteiger partial charge in [0, 0.05) is 18.3 Å². The normalized spacial score (nSPS) is 24.1. The summed E-state index contributed by atoms with van der Waals surface area (Å²) in [6.45, 7) is 10.5. The zero-order valence-electron chi connectivity index (χ0n) is 13.9. The molecule has 2 rings (SSSR count). The van der Waals surface area contributed by atoms with Gasteiger partial charge in [-0.3, -0.25) is 0 Å². The van der Waals surface area contributed by atoms with Crippen LogP contribution in [0.3, 0.4) is 0 Å². The topological polar surface area (TPSA) is 38.5 Å². The summed E-state index contributed by atoms with van der Waals surface area (Å²) in [7, 11) is 0. The maximum Gasteiger partial charge on any atom is 0.0723 e. The van der Waals surface area contributed by atoms with E-state index in [1.54, 1.807) is 0 Å². The Kier molecular flexibility index (Phi) is 5.65. The Bertz CT molecular complexity index is 461. The molecule has 0 radical (unpaired) electrons. The van der Waals surface area contributed by atoms with E-state index in [9.17, 15) is 0 Å². The van der Waals surface area contributed by atoms with E-state index in [2.05, 4.69) is 50.8 Å². The first kappa shape index (κ1) is 16.3. The summed E-state index contributed by atoms with van der Waals surface area (Å²) in [6.07, 6.45) is 3.43. The minimum atomic E-state index is 0.265. The smallest absolute Gasteiger partial charge is 0.0723 e. The molecule has 1 fully saturated rings. The van der Waals surface area contributed by atoms with Gasteiger partial charge in [-0.25, -0.2) is 0 Å². The molecule has 1 aliphatic rings. The number of hydrogen-bond donors (Lipinski definition) is 1. The number of ether oxygens (including phenoxy) is 1. The summed E-state index contributed by atoms with van der Waals surface area (Å²) in [5.41, 5.74) is 10.1. The van der Waals surface area contributed by atoms with Crippen molar-refractivity contribution in [3.05, 3.63) is 29.3 Å². The average molecular weight is 290 g/mol. The Morgan fingerprint density at radius 1 is 1.38 bits per heavy atom. The lowest BCUT2D eigenvalue weighted by Crippen LogP contribution is -2.48. The van der Waals surface area contributed by atoms with Crippen molar-refractivity contribution in [3.8, 4) is 0 Å². The zero-order chi connectivity index (χ0) is 15.4. The van der Waals surface area contributed by atoms with Crippen LogP contribution in [0.1, 0.15) is 44.7 Å². The van der Waals surface area contributed by atoms with Crippen molar-refractivity contribution >= 4 is 5.69 Å². The molecule has 2 N–H and O–H groups in total. The third-order valence-corrected chi connectivity index (χ3v) is 4.60. The van der Waals surface area contributed by atoms with Gasteiger partial charge in [0.1, 0.15) is 0 Å². The van der Waals surface area contributed by atoms with Crippen LogP contribution >= 0.6 is 0 Å². The van der Waals surface area contributed by atoms with Crippen LogP contribution in [0.15, 0.2) is 18.2 Å². The molecule has 1 aliphatic heterocycles. The first-order chi connectivity index (χ1) is 10.0. The predicted octanol–water partition coefficient (Wildman–Crippen LogP) is 3.28. The lowest BCUT2D eigenvalue weighted by Gasteiger charge is -2.40. The van der Waals surface area contributed by atoms with Gasteiger partial charge in [-0.1, -0.05) is 19.9 Å². The number of rotatable bonds is 5. The minimum absolute atomic E-state index is 0.265. The molecule has 0 bridgehead atoms. The number of nitrogens with two attached hydrogens (primary N) is 1. The van der Waals surface area contributed by atoms with Gasteiger partial charge in [0.15, 0.2) is 0 Å². The van der Waals surface area contributed by atoms with E-state index in [0.29, 0.717) is 12.1 Å². The fraction of sp³-hybridized carbons (Fsp3) is 0.667. The fourth-order valence-electron chi connectivity index (χ4n) is 3.01. The van der Waals surface area contributed by atoms with E-state index in [1.165, 1.54) is 16.8 Å². The summed E-state index contributed by atoms with van der Waals surface area (Å²) in [5, 5.41) is 0. The van der Waals surface area contributed by atoms with E-state index in [-0.39, 0.29) is 6.04 Å². The van der Waals surface area contributed by atoms with Crippen LogP contribution in [0.25, 0.3) is 0 Å². The van der Waals surface area contributed by atoms with E-state index < -0.39 is 0 Å². The Morgan fingerprint density at radius 3 is 2.76 bits per heavy atom. The second kappa shape index (κ2) is 7.28. The highest BCUT2D eigenvalue weighted by Gasteiger charge is 2.25. The van der Waals surface area contributed by atoms with Crippen molar-refractivity contribution < 1.29 is 4.74 Å². The molecule has 3 heteroatoms. The number of nitrogens with zero attached hydrogens (tertiary/aromatic N) is 1. The molecule has 0 spiro atoms. The molecular formula is C18H30N2O. The molecule has 3 atom stereocenters. The van der Waals surface area contributed by atoms with E-state index >= 15 is 0 Å². The van der Waals surface area contributed by atoms with Crippen molar-refractivity contribution in [2.24, 2.45) is 5.73 Å². The molecule has 1 aromatic rings.